The van der Waals surface area contributed by atoms with Crippen molar-refractivity contribution in [2.45, 2.75) is 55.8 Å². The molecule has 0 aromatic carbocycles. The molecule has 4 aliphatic carbocycles. The minimum atomic E-state index is 0.104. The van der Waals surface area contributed by atoms with E-state index in [-0.39, 0.29) is 11.9 Å². The van der Waals surface area contributed by atoms with Crippen LogP contribution >= 0.6 is 23.1 Å². The number of aromatic nitrogens is 2. The topological polar surface area (TPSA) is 80.9 Å². The average molecular weight is 353 g/mol. The highest BCUT2D eigenvalue weighted by Gasteiger charge is 2.53. The lowest BCUT2D eigenvalue weighted by Gasteiger charge is -2.59. The highest BCUT2D eigenvalue weighted by atomic mass is 32.2. The number of carbonyl (C=O) groups excluding carboxylic acids is 1. The van der Waals surface area contributed by atoms with Gasteiger partial charge in [0, 0.05) is 6.04 Å². The standard InChI is InChI=1S/C16H24N4OS2/c1-9(18-13(21)8-22-15-20-19-14(17)23-15)16-5-10-2-11(6-16)4-12(3-10)7-16/h9-12H,2-8H2,1H3,(H2,17,19)(H,18,21)/t9-,10?,11?,12?,16?/m0/s1. The second-order valence-corrected chi connectivity index (χ2v) is 10.00. The van der Waals surface area contributed by atoms with Crippen molar-refractivity contribution in [3.05, 3.63) is 0 Å². The predicted octanol–water partition coefficient (Wildman–Crippen LogP) is 2.93. The van der Waals surface area contributed by atoms with E-state index >= 15 is 0 Å². The summed E-state index contributed by atoms with van der Waals surface area (Å²) >= 11 is 2.76. The number of thioether (sulfide) groups is 1. The second-order valence-electron chi connectivity index (χ2n) is 7.76. The number of carbonyl (C=O) groups is 1. The summed E-state index contributed by atoms with van der Waals surface area (Å²) in [5, 5.41) is 11.5. The lowest BCUT2D eigenvalue weighted by Crippen LogP contribution is -2.56. The predicted molar refractivity (Wildman–Crippen MR) is 93.3 cm³/mol. The quantitative estimate of drug-likeness (QED) is 0.796. The Bertz CT molecular complexity index is 567. The Morgan fingerprint density at radius 2 is 1.91 bits per heavy atom. The molecule has 126 valence electrons. The van der Waals surface area contributed by atoms with Crippen molar-refractivity contribution in [1.29, 1.82) is 0 Å². The van der Waals surface area contributed by atoms with Crippen LogP contribution in [0, 0.1) is 23.2 Å². The Balaban J connectivity index is 1.34. The Morgan fingerprint density at radius 3 is 2.43 bits per heavy atom. The molecule has 1 amide bonds. The van der Waals surface area contributed by atoms with Gasteiger partial charge in [0.15, 0.2) is 4.34 Å². The van der Waals surface area contributed by atoms with Crippen LogP contribution in [0.1, 0.15) is 45.4 Å². The molecule has 0 unspecified atom stereocenters. The molecule has 1 heterocycles. The average Bonchev–Trinajstić information content (AvgIpc) is 2.89. The zero-order valence-corrected chi connectivity index (χ0v) is 15.1. The van der Waals surface area contributed by atoms with Crippen molar-refractivity contribution < 1.29 is 4.79 Å². The summed E-state index contributed by atoms with van der Waals surface area (Å²) in [4.78, 5) is 12.3. The Labute approximate surface area is 145 Å². The maximum Gasteiger partial charge on any atom is 0.230 e. The molecule has 4 saturated carbocycles. The number of anilines is 1. The fourth-order valence-electron chi connectivity index (χ4n) is 5.55. The third kappa shape index (κ3) is 3.09. The minimum absolute atomic E-state index is 0.104. The van der Waals surface area contributed by atoms with Gasteiger partial charge in [-0.2, -0.15) is 0 Å². The van der Waals surface area contributed by atoms with Gasteiger partial charge >= 0.3 is 0 Å². The zero-order chi connectivity index (χ0) is 16.0. The molecule has 23 heavy (non-hydrogen) atoms. The molecule has 0 saturated heterocycles. The molecule has 4 aliphatic rings. The summed E-state index contributed by atoms with van der Waals surface area (Å²) in [5.41, 5.74) is 5.93. The number of amides is 1. The molecule has 1 aromatic rings. The number of nitrogens with two attached hydrogens (primary N) is 1. The first kappa shape index (κ1) is 15.7. The van der Waals surface area contributed by atoms with Crippen LogP contribution < -0.4 is 11.1 Å². The van der Waals surface area contributed by atoms with Gasteiger partial charge in [-0.3, -0.25) is 4.79 Å². The van der Waals surface area contributed by atoms with Gasteiger partial charge in [0.25, 0.3) is 0 Å². The van der Waals surface area contributed by atoms with Crippen LogP contribution in [0.5, 0.6) is 0 Å². The van der Waals surface area contributed by atoms with Gasteiger partial charge < -0.3 is 11.1 Å². The molecule has 4 fully saturated rings. The molecular formula is C16H24N4OS2. The molecule has 5 rings (SSSR count). The highest BCUT2D eigenvalue weighted by molar-refractivity contribution is 8.01. The van der Waals surface area contributed by atoms with E-state index in [1.54, 1.807) is 0 Å². The fraction of sp³-hybridized carbons (Fsp3) is 0.812. The van der Waals surface area contributed by atoms with Gasteiger partial charge in [-0.05, 0) is 68.6 Å². The van der Waals surface area contributed by atoms with Gasteiger partial charge in [-0.25, -0.2) is 0 Å². The number of nitrogen functional groups attached to an aromatic ring is 1. The van der Waals surface area contributed by atoms with Gasteiger partial charge in [0.05, 0.1) is 5.75 Å². The zero-order valence-electron chi connectivity index (χ0n) is 13.5. The van der Waals surface area contributed by atoms with E-state index in [1.165, 1.54) is 61.6 Å². The highest BCUT2D eigenvalue weighted by Crippen LogP contribution is 2.61. The van der Waals surface area contributed by atoms with Gasteiger partial charge in [0.2, 0.25) is 11.0 Å². The summed E-state index contributed by atoms with van der Waals surface area (Å²) in [5.74, 6) is 3.25. The molecule has 0 radical (unpaired) electrons. The first-order valence-electron chi connectivity index (χ1n) is 8.53. The van der Waals surface area contributed by atoms with Crippen molar-refractivity contribution in [2.24, 2.45) is 23.2 Å². The number of hydrogen-bond donors (Lipinski definition) is 2. The maximum atomic E-state index is 12.3. The largest absolute Gasteiger partial charge is 0.374 e. The monoisotopic (exact) mass is 352 g/mol. The van der Waals surface area contributed by atoms with Crippen molar-refractivity contribution >= 4 is 34.1 Å². The van der Waals surface area contributed by atoms with Crippen LogP contribution in [0.2, 0.25) is 0 Å². The minimum Gasteiger partial charge on any atom is -0.374 e. The number of nitrogens with zero attached hydrogens (tertiary/aromatic N) is 2. The van der Waals surface area contributed by atoms with Gasteiger partial charge in [-0.1, -0.05) is 23.1 Å². The van der Waals surface area contributed by atoms with E-state index in [9.17, 15) is 4.79 Å². The van der Waals surface area contributed by atoms with Gasteiger partial charge in [0.1, 0.15) is 0 Å². The molecule has 5 nitrogen and oxygen atoms in total. The van der Waals surface area contributed by atoms with Crippen LogP contribution in [0.25, 0.3) is 0 Å². The van der Waals surface area contributed by atoms with Crippen LogP contribution in [0.15, 0.2) is 4.34 Å². The van der Waals surface area contributed by atoms with Crippen LogP contribution in [0.4, 0.5) is 5.13 Å². The Hall–Kier alpha value is -0.820. The molecular weight excluding hydrogens is 328 g/mol. The molecule has 3 N–H and O–H groups in total. The lowest BCUT2D eigenvalue weighted by molar-refractivity contribution is -0.123. The van der Waals surface area contributed by atoms with E-state index in [1.807, 2.05) is 0 Å². The first-order chi connectivity index (χ1) is 11.0. The summed E-state index contributed by atoms with van der Waals surface area (Å²) in [6, 6.07) is 0.281. The summed E-state index contributed by atoms with van der Waals surface area (Å²) in [7, 11) is 0. The SMILES string of the molecule is C[C@H](NC(=O)CSc1nnc(N)s1)C12CC3CC(CC(C3)C1)C2. The third-order valence-electron chi connectivity index (χ3n) is 6.13. The normalized spacial score (nSPS) is 36.1. The smallest absolute Gasteiger partial charge is 0.230 e. The first-order valence-corrected chi connectivity index (χ1v) is 10.3. The number of hydrogen-bond acceptors (Lipinski definition) is 6. The number of rotatable bonds is 5. The van der Waals surface area contributed by atoms with E-state index in [0.717, 1.165) is 22.1 Å². The van der Waals surface area contributed by atoms with E-state index in [4.69, 9.17) is 5.73 Å². The molecule has 7 heteroatoms. The maximum absolute atomic E-state index is 12.3. The Kier molecular flexibility index (Phi) is 4.04. The summed E-state index contributed by atoms with van der Waals surface area (Å²) in [6.45, 7) is 2.22. The summed E-state index contributed by atoms with van der Waals surface area (Å²) in [6.07, 6.45) is 8.28. The molecule has 1 atom stereocenters. The summed E-state index contributed by atoms with van der Waals surface area (Å²) < 4.78 is 0.764. The third-order valence-corrected chi connectivity index (χ3v) is 8.02. The van der Waals surface area contributed by atoms with Crippen molar-refractivity contribution in [1.82, 2.24) is 15.5 Å². The van der Waals surface area contributed by atoms with E-state index < -0.39 is 0 Å². The molecule has 1 aromatic heterocycles. The van der Waals surface area contributed by atoms with Crippen LogP contribution in [0.3, 0.4) is 0 Å². The van der Waals surface area contributed by atoms with Gasteiger partial charge in [-0.15, -0.1) is 10.2 Å². The molecule has 4 bridgehead atoms. The van der Waals surface area contributed by atoms with Crippen molar-refractivity contribution in [3.8, 4) is 0 Å². The van der Waals surface area contributed by atoms with Crippen LogP contribution in [-0.2, 0) is 4.79 Å². The molecule has 0 spiro atoms. The number of nitrogens with one attached hydrogen (secondary N) is 1. The lowest BCUT2D eigenvalue weighted by atomic mass is 9.48. The van der Waals surface area contributed by atoms with E-state index in [2.05, 4.69) is 22.4 Å². The molecule has 0 aliphatic heterocycles. The second kappa shape index (κ2) is 5.92. The fourth-order valence-corrected chi connectivity index (χ4v) is 7.00. The van der Waals surface area contributed by atoms with Crippen LogP contribution in [-0.4, -0.2) is 27.9 Å². The van der Waals surface area contributed by atoms with Crippen molar-refractivity contribution in [2.75, 3.05) is 11.5 Å². The Morgan fingerprint density at radius 1 is 1.30 bits per heavy atom. The van der Waals surface area contributed by atoms with E-state index in [0.29, 0.717) is 16.3 Å². The van der Waals surface area contributed by atoms with Crippen molar-refractivity contribution in [3.63, 3.8) is 0 Å².